The second-order valence-corrected chi connectivity index (χ2v) is 8.25. The van der Waals surface area contributed by atoms with Gasteiger partial charge in [0.25, 0.3) is 0 Å². The Bertz CT molecular complexity index is 596. The van der Waals surface area contributed by atoms with E-state index >= 15 is 0 Å². The summed E-state index contributed by atoms with van der Waals surface area (Å²) in [6, 6.07) is 3.75. The van der Waals surface area contributed by atoms with E-state index in [0.29, 0.717) is 4.90 Å². The minimum absolute atomic E-state index is 0.0970. The Balaban J connectivity index is 2.08. The third-order valence-corrected chi connectivity index (χ3v) is 6.28. The first-order valence-electron chi connectivity index (χ1n) is 8.07. The SMILES string of the molecule is Cc1cc(C)c(S(=O)(=O)NCC(O)C2CCCCC2)c(C)c1. The third-order valence-electron chi connectivity index (χ3n) is 4.55. The summed E-state index contributed by atoms with van der Waals surface area (Å²) in [6.45, 7) is 5.68. The molecule has 0 aliphatic heterocycles. The van der Waals surface area contributed by atoms with E-state index in [-0.39, 0.29) is 12.5 Å². The first-order valence-corrected chi connectivity index (χ1v) is 9.55. The van der Waals surface area contributed by atoms with Crippen LogP contribution in [0, 0.1) is 26.7 Å². The maximum absolute atomic E-state index is 12.6. The molecule has 0 amide bonds. The van der Waals surface area contributed by atoms with Crippen LogP contribution >= 0.6 is 0 Å². The van der Waals surface area contributed by atoms with E-state index in [1.165, 1.54) is 6.42 Å². The first kappa shape index (κ1) is 17.4. The van der Waals surface area contributed by atoms with Gasteiger partial charge in [-0.3, -0.25) is 0 Å². The summed E-state index contributed by atoms with van der Waals surface area (Å²) in [5, 5.41) is 10.2. The Labute approximate surface area is 134 Å². The normalized spacial score (nSPS) is 18.4. The fourth-order valence-corrected chi connectivity index (χ4v) is 5.04. The van der Waals surface area contributed by atoms with Gasteiger partial charge < -0.3 is 5.11 Å². The molecule has 1 fully saturated rings. The number of aliphatic hydroxyl groups excluding tert-OH is 1. The molecule has 4 nitrogen and oxygen atoms in total. The van der Waals surface area contributed by atoms with Gasteiger partial charge in [-0.2, -0.15) is 0 Å². The van der Waals surface area contributed by atoms with Gasteiger partial charge in [-0.1, -0.05) is 37.0 Å². The van der Waals surface area contributed by atoms with Gasteiger partial charge in [-0.05, 0) is 50.7 Å². The molecule has 1 aromatic rings. The molecular weight excluding hydrogens is 298 g/mol. The average molecular weight is 325 g/mol. The van der Waals surface area contributed by atoms with Crippen molar-refractivity contribution in [1.29, 1.82) is 0 Å². The van der Waals surface area contributed by atoms with Gasteiger partial charge in [0.2, 0.25) is 10.0 Å². The van der Waals surface area contributed by atoms with Crippen molar-refractivity contribution in [3.05, 3.63) is 28.8 Å². The number of hydrogen-bond donors (Lipinski definition) is 2. The molecule has 0 aromatic heterocycles. The van der Waals surface area contributed by atoms with E-state index in [4.69, 9.17) is 0 Å². The molecule has 0 heterocycles. The lowest BCUT2D eigenvalue weighted by atomic mass is 9.85. The van der Waals surface area contributed by atoms with Gasteiger partial charge in [-0.15, -0.1) is 0 Å². The number of rotatable bonds is 5. The van der Waals surface area contributed by atoms with Crippen LogP contribution in [0.3, 0.4) is 0 Å². The molecule has 1 saturated carbocycles. The fourth-order valence-electron chi connectivity index (χ4n) is 3.54. The van der Waals surface area contributed by atoms with Crippen molar-refractivity contribution >= 4 is 10.0 Å². The van der Waals surface area contributed by atoms with Crippen LogP contribution in [-0.4, -0.2) is 26.2 Å². The van der Waals surface area contributed by atoms with Crippen LogP contribution in [0.1, 0.15) is 48.8 Å². The molecule has 1 unspecified atom stereocenters. The smallest absolute Gasteiger partial charge is 0.241 e. The Morgan fingerprint density at radius 1 is 1.14 bits per heavy atom. The zero-order chi connectivity index (χ0) is 16.3. The van der Waals surface area contributed by atoms with E-state index < -0.39 is 16.1 Å². The lowest BCUT2D eigenvalue weighted by Gasteiger charge is -2.26. The van der Waals surface area contributed by atoms with Crippen LogP contribution in [0.2, 0.25) is 0 Å². The molecule has 1 aromatic carbocycles. The van der Waals surface area contributed by atoms with Gasteiger partial charge in [0, 0.05) is 6.54 Å². The van der Waals surface area contributed by atoms with Crippen LogP contribution in [0.25, 0.3) is 0 Å². The molecule has 1 aliphatic rings. The fraction of sp³-hybridized carbons (Fsp3) is 0.647. The number of nitrogens with one attached hydrogen (secondary N) is 1. The molecule has 0 radical (unpaired) electrons. The monoisotopic (exact) mass is 325 g/mol. The van der Waals surface area contributed by atoms with Crippen molar-refractivity contribution in [3.8, 4) is 0 Å². The van der Waals surface area contributed by atoms with E-state index in [0.717, 1.165) is 42.4 Å². The van der Waals surface area contributed by atoms with Gasteiger partial charge in [-0.25, -0.2) is 13.1 Å². The molecule has 5 heteroatoms. The zero-order valence-electron chi connectivity index (χ0n) is 13.7. The van der Waals surface area contributed by atoms with E-state index in [1.807, 2.05) is 32.9 Å². The first-order chi connectivity index (χ1) is 10.3. The maximum Gasteiger partial charge on any atom is 0.241 e. The van der Waals surface area contributed by atoms with E-state index in [9.17, 15) is 13.5 Å². The summed E-state index contributed by atoms with van der Waals surface area (Å²) >= 11 is 0. The van der Waals surface area contributed by atoms with Crippen LogP contribution in [0.15, 0.2) is 17.0 Å². The summed E-state index contributed by atoms with van der Waals surface area (Å²) in [4.78, 5) is 0.342. The topological polar surface area (TPSA) is 66.4 Å². The average Bonchev–Trinajstić information content (AvgIpc) is 2.44. The summed E-state index contributed by atoms with van der Waals surface area (Å²) in [5.41, 5.74) is 2.55. The van der Waals surface area contributed by atoms with E-state index in [2.05, 4.69) is 4.72 Å². The predicted octanol–water partition coefficient (Wildman–Crippen LogP) is 2.83. The van der Waals surface area contributed by atoms with Gasteiger partial charge in [0.05, 0.1) is 11.0 Å². The predicted molar refractivity (Wildman–Crippen MR) is 88.4 cm³/mol. The van der Waals surface area contributed by atoms with Gasteiger partial charge in [0.15, 0.2) is 0 Å². The lowest BCUT2D eigenvalue weighted by Crippen LogP contribution is -2.37. The number of aryl methyl sites for hydroxylation is 3. The highest BCUT2D eigenvalue weighted by Gasteiger charge is 2.25. The van der Waals surface area contributed by atoms with Crippen molar-refractivity contribution in [2.24, 2.45) is 5.92 Å². The van der Waals surface area contributed by atoms with Crippen molar-refractivity contribution in [3.63, 3.8) is 0 Å². The zero-order valence-corrected chi connectivity index (χ0v) is 14.5. The van der Waals surface area contributed by atoms with Crippen molar-refractivity contribution in [2.45, 2.75) is 63.9 Å². The second-order valence-electron chi connectivity index (χ2n) is 6.55. The van der Waals surface area contributed by atoms with Crippen molar-refractivity contribution in [1.82, 2.24) is 4.72 Å². The molecule has 2 N–H and O–H groups in total. The highest BCUT2D eigenvalue weighted by Crippen LogP contribution is 2.27. The lowest BCUT2D eigenvalue weighted by molar-refractivity contribution is 0.0888. The minimum Gasteiger partial charge on any atom is -0.391 e. The van der Waals surface area contributed by atoms with E-state index in [1.54, 1.807) is 0 Å². The van der Waals surface area contributed by atoms with Crippen LogP contribution < -0.4 is 4.72 Å². The largest absolute Gasteiger partial charge is 0.391 e. The molecular formula is C17H27NO3S. The summed E-state index contributed by atoms with van der Waals surface area (Å²) in [5.74, 6) is 0.219. The number of sulfonamides is 1. The van der Waals surface area contributed by atoms with Crippen LogP contribution in [0.5, 0.6) is 0 Å². The van der Waals surface area contributed by atoms with Gasteiger partial charge >= 0.3 is 0 Å². The molecule has 1 aliphatic carbocycles. The summed E-state index contributed by atoms with van der Waals surface area (Å²) in [6.07, 6.45) is 4.87. The maximum atomic E-state index is 12.6. The van der Waals surface area contributed by atoms with Crippen molar-refractivity contribution in [2.75, 3.05) is 6.54 Å². The second kappa shape index (κ2) is 7.11. The quantitative estimate of drug-likeness (QED) is 0.875. The Morgan fingerprint density at radius 3 is 2.23 bits per heavy atom. The Morgan fingerprint density at radius 2 is 1.68 bits per heavy atom. The Kier molecular flexibility index (Phi) is 5.64. The molecule has 0 bridgehead atoms. The molecule has 0 saturated heterocycles. The van der Waals surface area contributed by atoms with Gasteiger partial charge in [0.1, 0.15) is 0 Å². The van der Waals surface area contributed by atoms with Crippen molar-refractivity contribution < 1.29 is 13.5 Å². The highest BCUT2D eigenvalue weighted by atomic mass is 32.2. The number of aliphatic hydroxyl groups is 1. The number of benzene rings is 1. The molecule has 22 heavy (non-hydrogen) atoms. The minimum atomic E-state index is -3.58. The van der Waals surface area contributed by atoms with Crippen LogP contribution in [-0.2, 0) is 10.0 Å². The summed E-state index contributed by atoms with van der Waals surface area (Å²) in [7, 11) is -3.58. The highest BCUT2D eigenvalue weighted by molar-refractivity contribution is 7.89. The third kappa shape index (κ3) is 4.09. The molecule has 0 spiro atoms. The molecule has 2 rings (SSSR count). The Hall–Kier alpha value is -0.910. The molecule has 124 valence electrons. The number of hydrogen-bond acceptors (Lipinski definition) is 3. The van der Waals surface area contributed by atoms with Crippen LogP contribution in [0.4, 0.5) is 0 Å². The summed E-state index contributed by atoms with van der Waals surface area (Å²) < 4.78 is 27.7. The molecule has 1 atom stereocenters. The standard InChI is InChI=1S/C17H27NO3S/c1-12-9-13(2)17(14(3)10-12)22(20,21)18-11-16(19)15-7-5-4-6-8-15/h9-10,15-16,18-19H,4-8,11H2,1-3H3.